The molecule has 0 fully saturated rings. The average Bonchev–Trinajstić information content (AvgIpc) is 3.02. The lowest BCUT2D eigenvalue weighted by molar-refractivity contribution is 0.686. The molecule has 0 saturated carbocycles. The van der Waals surface area contributed by atoms with Crippen molar-refractivity contribution in [2.24, 2.45) is 0 Å². The van der Waals surface area contributed by atoms with Crippen molar-refractivity contribution >= 4 is 22.2 Å². The summed E-state index contributed by atoms with van der Waals surface area (Å²) in [6.45, 7) is 2.03. The Morgan fingerprint density at radius 2 is 1.81 bits per heavy atom. The van der Waals surface area contributed by atoms with Crippen molar-refractivity contribution in [1.82, 2.24) is 0 Å². The van der Waals surface area contributed by atoms with Gasteiger partial charge in [-0.25, -0.2) is 4.21 Å². The molecule has 0 saturated heterocycles. The Labute approximate surface area is 128 Å². The van der Waals surface area contributed by atoms with E-state index in [4.69, 9.17) is 0 Å². The first-order valence-corrected chi connectivity index (χ1v) is 8.42. The Hall–Kier alpha value is -1.87. The summed E-state index contributed by atoms with van der Waals surface area (Å²) in [4.78, 5) is 0.802. The fourth-order valence-electron chi connectivity index (χ4n) is 2.59. The SMILES string of the molecule is Cc1ccc(S(=O)Nc2ccccc2C2=CCCC2)cc1. The number of aryl methyl sites for hydroxylation is 1. The van der Waals surface area contributed by atoms with Gasteiger partial charge in [0.05, 0.1) is 10.6 Å². The van der Waals surface area contributed by atoms with Gasteiger partial charge in [0.15, 0.2) is 0 Å². The van der Waals surface area contributed by atoms with Crippen LogP contribution in [0.4, 0.5) is 5.69 Å². The van der Waals surface area contributed by atoms with E-state index in [0.717, 1.165) is 23.4 Å². The number of nitrogens with one attached hydrogen (secondary N) is 1. The largest absolute Gasteiger partial charge is 0.301 e. The van der Waals surface area contributed by atoms with Gasteiger partial charge in [0.2, 0.25) is 0 Å². The first kappa shape index (κ1) is 14.1. The van der Waals surface area contributed by atoms with Gasteiger partial charge in [-0.1, -0.05) is 42.0 Å². The molecule has 2 nitrogen and oxygen atoms in total. The van der Waals surface area contributed by atoms with Crippen LogP contribution in [0, 0.1) is 6.92 Å². The number of para-hydroxylation sites is 1. The second-order valence-electron chi connectivity index (χ2n) is 5.35. The third-order valence-electron chi connectivity index (χ3n) is 3.75. The lowest BCUT2D eigenvalue weighted by Gasteiger charge is -2.12. The third-order valence-corrected chi connectivity index (χ3v) is 4.86. The minimum absolute atomic E-state index is 0.802. The molecule has 0 bridgehead atoms. The summed E-state index contributed by atoms with van der Waals surface area (Å²) in [7, 11) is -1.23. The molecule has 3 rings (SSSR count). The highest BCUT2D eigenvalue weighted by Crippen LogP contribution is 2.32. The monoisotopic (exact) mass is 297 g/mol. The van der Waals surface area contributed by atoms with Crippen molar-refractivity contribution < 1.29 is 4.21 Å². The minimum Gasteiger partial charge on any atom is -0.301 e. The Balaban J connectivity index is 1.84. The van der Waals surface area contributed by atoms with Gasteiger partial charge in [-0.3, -0.25) is 0 Å². The summed E-state index contributed by atoms with van der Waals surface area (Å²) in [5.74, 6) is 0. The van der Waals surface area contributed by atoms with E-state index in [1.807, 2.05) is 49.4 Å². The second kappa shape index (κ2) is 6.27. The van der Waals surface area contributed by atoms with Crippen molar-refractivity contribution in [3.8, 4) is 0 Å². The van der Waals surface area contributed by atoms with E-state index in [9.17, 15) is 4.21 Å². The van der Waals surface area contributed by atoms with Crippen molar-refractivity contribution in [2.75, 3.05) is 4.72 Å². The molecule has 1 aliphatic rings. The van der Waals surface area contributed by atoms with Gasteiger partial charge in [-0.05, 0) is 50.0 Å². The zero-order valence-corrected chi connectivity index (χ0v) is 13.0. The van der Waals surface area contributed by atoms with E-state index in [2.05, 4.69) is 16.9 Å². The smallest absolute Gasteiger partial charge is 0.150 e. The van der Waals surface area contributed by atoms with Gasteiger partial charge in [0.25, 0.3) is 0 Å². The zero-order valence-electron chi connectivity index (χ0n) is 12.1. The Morgan fingerprint density at radius 3 is 2.52 bits per heavy atom. The lowest BCUT2D eigenvalue weighted by Crippen LogP contribution is -2.06. The predicted molar refractivity (Wildman–Crippen MR) is 89.5 cm³/mol. The number of anilines is 1. The normalized spacial score (nSPS) is 15.6. The van der Waals surface area contributed by atoms with Crippen molar-refractivity contribution in [2.45, 2.75) is 31.1 Å². The molecule has 1 N–H and O–H groups in total. The quantitative estimate of drug-likeness (QED) is 0.871. The number of hydrogen-bond donors (Lipinski definition) is 1. The average molecular weight is 297 g/mol. The lowest BCUT2D eigenvalue weighted by atomic mass is 10.0. The predicted octanol–water partition coefficient (Wildman–Crippen LogP) is 4.70. The van der Waals surface area contributed by atoms with Crippen molar-refractivity contribution in [3.63, 3.8) is 0 Å². The van der Waals surface area contributed by atoms with E-state index < -0.39 is 11.0 Å². The topological polar surface area (TPSA) is 29.1 Å². The molecule has 0 spiro atoms. The summed E-state index contributed by atoms with van der Waals surface area (Å²) in [5, 5.41) is 0. The maximum Gasteiger partial charge on any atom is 0.150 e. The molecular formula is C18H19NOS. The Bertz CT molecular complexity index is 689. The first-order valence-electron chi connectivity index (χ1n) is 7.27. The second-order valence-corrected chi connectivity index (χ2v) is 6.56. The Kier molecular flexibility index (Phi) is 4.20. The Morgan fingerprint density at radius 1 is 1.05 bits per heavy atom. The van der Waals surface area contributed by atoms with Crippen LogP contribution in [0.2, 0.25) is 0 Å². The van der Waals surface area contributed by atoms with Crippen LogP contribution in [-0.4, -0.2) is 4.21 Å². The van der Waals surface area contributed by atoms with Crippen LogP contribution in [0.25, 0.3) is 5.57 Å². The number of allylic oxidation sites excluding steroid dienone is 2. The highest BCUT2D eigenvalue weighted by atomic mass is 32.2. The molecule has 0 radical (unpaired) electrons. The van der Waals surface area contributed by atoms with Crippen LogP contribution in [0.15, 0.2) is 59.5 Å². The fourth-order valence-corrected chi connectivity index (χ4v) is 3.47. The third kappa shape index (κ3) is 3.24. The molecule has 2 aromatic carbocycles. The van der Waals surface area contributed by atoms with E-state index >= 15 is 0 Å². The van der Waals surface area contributed by atoms with Gasteiger partial charge < -0.3 is 4.72 Å². The van der Waals surface area contributed by atoms with Crippen molar-refractivity contribution in [3.05, 3.63) is 65.7 Å². The summed E-state index contributed by atoms with van der Waals surface area (Å²) < 4.78 is 15.6. The molecule has 0 heterocycles. The van der Waals surface area contributed by atoms with Gasteiger partial charge in [-0.2, -0.15) is 0 Å². The summed E-state index contributed by atoms with van der Waals surface area (Å²) >= 11 is 0. The highest BCUT2D eigenvalue weighted by Gasteiger charge is 2.13. The molecular weight excluding hydrogens is 278 g/mol. The number of rotatable bonds is 4. The van der Waals surface area contributed by atoms with Crippen LogP contribution in [0.1, 0.15) is 30.4 Å². The van der Waals surface area contributed by atoms with E-state index in [-0.39, 0.29) is 0 Å². The summed E-state index contributed by atoms with van der Waals surface area (Å²) in [6, 6.07) is 15.9. The van der Waals surface area contributed by atoms with Crippen LogP contribution < -0.4 is 4.72 Å². The standard InChI is InChI=1S/C18H19NOS/c1-14-10-12-16(13-11-14)21(20)19-18-9-5-4-8-17(18)15-6-2-3-7-15/h4-6,8-13,19H,2-3,7H2,1H3. The van der Waals surface area contributed by atoms with E-state index in [0.29, 0.717) is 0 Å². The molecule has 3 heteroatoms. The van der Waals surface area contributed by atoms with E-state index in [1.54, 1.807) is 0 Å². The van der Waals surface area contributed by atoms with Crippen molar-refractivity contribution in [1.29, 1.82) is 0 Å². The number of hydrogen-bond acceptors (Lipinski definition) is 1. The molecule has 108 valence electrons. The molecule has 1 atom stereocenters. The highest BCUT2D eigenvalue weighted by molar-refractivity contribution is 7.86. The molecule has 1 aliphatic carbocycles. The van der Waals surface area contributed by atoms with Crippen LogP contribution in [0.5, 0.6) is 0 Å². The molecule has 0 aliphatic heterocycles. The molecule has 21 heavy (non-hydrogen) atoms. The summed E-state index contributed by atoms with van der Waals surface area (Å²) in [6.07, 6.45) is 5.75. The zero-order chi connectivity index (χ0) is 14.7. The van der Waals surface area contributed by atoms with Crippen LogP contribution in [0.3, 0.4) is 0 Å². The van der Waals surface area contributed by atoms with Gasteiger partial charge >= 0.3 is 0 Å². The molecule has 0 amide bonds. The first-order chi connectivity index (χ1) is 10.2. The number of benzene rings is 2. The van der Waals surface area contributed by atoms with Crippen LogP contribution in [-0.2, 0) is 11.0 Å². The van der Waals surface area contributed by atoms with Gasteiger partial charge in [0.1, 0.15) is 11.0 Å². The maximum absolute atomic E-state index is 12.5. The van der Waals surface area contributed by atoms with Gasteiger partial charge in [0, 0.05) is 5.56 Å². The fraction of sp³-hybridized carbons (Fsp3) is 0.222. The minimum atomic E-state index is -1.23. The maximum atomic E-state index is 12.5. The molecule has 1 unspecified atom stereocenters. The molecule has 2 aromatic rings. The summed E-state index contributed by atoms with van der Waals surface area (Å²) in [5.41, 5.74) is 4.66. The molecule has 0 aromatic heterocycles. The van der Waals surface area contributed by atoms with Crippen LogP contribution >= 0.6 is 0 Å². The van der Waals surface area contributed by atoms with E-state index in [1.165, 1.54) is 23.1 Å². The van der Waals surface area contributed by atoms with Gasteiger partial charge in [-0.15, -0.1) is 0 Å².